The average Bonchev–Trinajstić information content (AvgIpc) is 2.31. The Morgan fingerprint density at radius 2 is 1.76 bits per heavy atom. The van der Waals surface area contributed by atoms with Crippen molar-refractivity contribution in [3.05, 3.63) is 54.6 Å². The van der Waals surface area contributed by atoms with E-state index in [4.69, 9.17) is 17.3 Å². The normalized spacial score (nSPS) is 9.00. The summed E-state index contributed by atoms with van der Waals surface area (Å²) < 4.78 is 0. The number of nitrogens with two attached hydrogens (primary N) is 1. The van der Waals surface area contributed by atoms with Crippen LogP contribution in [0.15, 0.2) is 49.1 Å². The Hall–Kier alpha value is -1.94. The maximum absolute atomic E-state index is 10.4. The number of carbonyl (C=O) groups excluding carboxylic acids is 1. The zero-order valence-electron chi connectivity index (χ0n) is 9.08. The van der Waals surface area contributed by atoms with Crippen molar-refractivity contribution in [3.63, 3.8) is 0 Å². The van der Waals surface area contributed by atoms with Crippen LogP contribution in [-0.4, -0.2) is 15.2 Å². The highest BCUT2D eigenvalue weighted by Gasteiger charge is 1.96. The number of hydrogen-bond acceptors (Lipinski definition) is 4. The molecule has 1 aromatic carbocycles. The number of aromatic nitrogens is 2. The van der Waals surface area contributed by atoms with Crippen molar-refractivity contribution < 1.29 is 4.79 Å². The predicted octanol–water partition coefficient (Wildman–Crippen LogP) is 2.05. The van der Waals surface area contributed by atoms with E-state index in [2.05, 4.69) is 9.97 Å². The van der Waals surface area contributed by atoms with Gasteiger partial charge in [-0.3, -0.25) is 4.79 Å². The number of anilines is 1. The van der Waals surface area contributed by atoms with Crippen molar-refractivity contribution in [2.45, 2.75) is 6.42 Å². The first-order valence-electron chi connectivity index (χ1n) is 4.91. The first-order chi connectivity index (χ1) is 8.18. The summed E-state index contributed by atoms with van der Waals surface area (Å²) in [6, 6.07) is 9.42. The number of halogens is 1. The maximum Gasteiger partial charge on any atom is 0.226 e. The van der Waals surface area contributed by atoms with Gasteiger partial charge >= 0.3 is 0 Å². The monoisotopic (exact) mass is 249 g/mol. The molecule has 0 saturated heterocycles. The molecule has 2 N–H and O–H groups in total. The third kappa shape index (κ3) is 6.27. The maximum atomic E-state index is 10.4. The van der Waals surface area contributed by atoms with E-state index in [0.29, 0.717) is 12.1 Å². The van der Waals surface area contributed by atoms with E-state index < -0.39 is 0 Å². The van der Waals surface area contributed by atoms with E-state index in [1.165, 1.54) is 6.33 Å². The van der Waals surface area contributed by atoms with Gasteiger partial charge in [0.05, 0.1) is 18.1 Å². The second-order valence-electron chi connectivity index (χ2n) is 3.19. The number of rotatable bonds is 2. The third-order valence-electron chi connectivity index (χ3n) is 1.77. The van der Waals surface area contributed by atoms with Crippen LogP contribution in [0.25, 0.3) is 0 Å². The lowest BCUT2D eigenvalue weighted by Crippen LogP contribution is -1.91. The predicted molar refractivity (Wildman–Crippen MR) is 67.5 cm³/mol. The van der Waals surface area contributed by atoms with Gasteiger partial charge in [0.25, 0.3) is 0 Å². The quantitative estimate of drug-likeness (QED) is 0.827. The largest absolute Gasteiger partial charge is 0.396 e. The number of carbonyl (C=O) groups is 1. The minimum atomic E-state index is -0.314. The number of nitrogens with zero attached hydrogens (tertiary/aromatic N) is 2. The van der Waals surface area contributed by atoms with Crippen LogP contribution in [0.4, 0.5) is 5.69 Å². The van der Waals surface area contributed by atoms with Crippen LogP contribution < -0.4 is 5.73 Å². The van der Waals surface area contributed by atoms with Gasteiger partial charge in [0.2, 0.25) is 5.24 Å². The Morgan fingerprint density at radius 1 is 1.18 bits per heavy atom. The number of nitrogen functional groups attached to an aromatic ring is 1. The van der Waals surface area contributed by atoms with Gasteiger partial charge in [-0.1, -0.05) is 30.3 Å². The molecule has 4 nitrogen and oxygen atoms in total. The summed E-state index contributed by atoms with van der Waals surface area (Å²) >= 11 is 5.17. The molecule has 0 spiro atoms. The van der Waals surface area contributed by atoms with E-state index in [-0.39, 0.29) is 5.24 Å². The fourth-order valence-corrected chi connectivity index (χ4v) is 1.22. The summed E-state index contributed by atoms with van der Waals surface area (Å²) in [5, 5.41) is -0.314. The molecule has 0 radical (unpaired) electrons. The molecule has 0 aliphatic rings. The van der Waals surface area contributed by atoms with Crippen molar-refractivity contribution in [2.24, 2.45) is 0 Å². The molecule has 0 aliphatic carbocycles. The van der Waals surface area contributed by atoms with Crippen LogP contribution in [0.1, 0.15) is 5.56 Å². The Labute approximate surface area is 104 Å². The highest BCUT2D eigenvalue weighted by Crippen LogP contribution is 2.00. The minimum absolute atomic E-state index is 0.314. The highest BCUT2D eigenvalue weighted by molar-refractivity contribution is 6.63. The van der Waals surface area contributed by atoms with Crippen molar-refractivity contribution in [3.8, 4) is 0 Å². The molecule has 5 heteroatoms. The Kier molecular flexibility index (Phi) is 5.68. The zero-order chi connectivity index (χ0) is 12.5. The summed E-state index contributed by atoms with van der Waals surface area (Å²) in [6.07, 6.45) is 4.86. The molecule has 17 heavy (non-hydrogen) atoms. The Balaban J connectivity index is 0.000000181. The lowest BCUT2D eigenvalue weighted by molar-refractivity contribution is -0.111. The molecule has 1 heterocycles. The summed E-state index contributed by atoms with van der Waals surface area (Å²) in [4.78, 5) is 17.7. The van der Waals surface area contributed by atoms with Crippen LogP contribution in [0.3, 0.4) is 0 Å². The summed E-state index contributed by atoms with van der Waals surface area (Å²) in [5.41, 5.74) is 6.79. The van der Waals surface area contributed by atoms with E-state index in [1.807, 2.05) is 30.3 Å². The van der Waals surface area contributed by atoms with Crippen molar-refractivity contribution in [1.82, 2.24) is 9.97 Å². The lowest BCUT2D eigenvalue weighted by Gasteiger charge is -1.92. The fourth-order valence-electron chi connectivity index (χ4n) is 1.07. The van der Waals surface area contributed by atoms with Gasteiger partial charge in [-0.25, -0.2) is 9.97 Å². The second-order valence-corrected chi connectivity index (χ2v) is 3.61. The molecule has 0 amide bonds. The van der Waals surface area contributed by atoms with Crippen LogP contribution >= 0.6 is 11.6 Å². The molecule has 88 valence electrons. The second kappa shape index (κ2) is 7.35. The first kappa shape index (κ1) is 13.1. The van der Waals surface area contributed by atoms with Gasteiger partial charge in [0, 0.05) is 6.42 Å². The lowest BCUT2D eigenvalue weighted by atomic mass is 10.2. The molecule has 2 aromatic rings. The van der Waals surface area contributed by atoms with Crippen LogP contribution in [0.2, 0.25) is 0 Å². The Morgan fingerprint density at radius 3 is 2.18 bits per heavy atom. The molecule has 0 atom stereocenters. The van der Waals surface area contributed by atoms with Gasteiger partial charge in [0.15, 0.2) is 0 Å². The summed E-state index contributed by atoms with van der Waals surface area (Å²) in [6.45, 7) is 0. The third-order valence-corrected chi connectivity index (χ3v) is 1.90. The van der Waals surface area contributed by atoms with E-state index >= 15 is 0 Å². The van der Waals surface area contributed by atoms with Crippen LogP contribution in [-0.2, 0) is 11.2 Å². The van der Waals surface area contributed by atoms with Crippen molar-refractivity contribution >= 4 is 22.5 Å². The minimum Gasteiger partial charge on any atom is -0.396 e. The fraction of sp³-hybridized carbons (Fsp3) is 0.0833. The smallest absolute Gasteiger partial charge is 0.226 e. The van der Waals surface area contributed by atoms with Crippen molar-refractivity contribution in [1.29, 1.82) is 0 Å². The number of hydrogen-bond donors (Lipinski definition) is 1. The molecule has 2 rings (SSSR count). The highest BCUT2D eigenvalue weighted by atomic mass is 35.5. The van der Waals surface area contributed by atoms with E-state index in [0.717, 1.165) is 5.56 Å². The van der Waals surface area contributed by atoms with Gasteiger partial charge in [-0.15, -0.1) is 0 Å². The molecule has 1 aromatic heterocycles. The molecular weight excluding hydrogens is 238 g/mol. The van der Waals surface area contributed by atoms with Gasteiger partial charge < -0.3 is 5.73 Å². The molecule has 0 unspecified atom stereocenters. The summed E-state index contributed by atoms with van der Waals surface area (Å²) in [7, 11) is 0. The molecular formula is C12H12ClN3O. The molecule has 0 aliphatic heterocycles. The van der Waals surface area contributed by atoms with Gasteiger partial charge in [-0.05, 0) is 17.2 Å². The molecule has 0 bridgehead atoms. The van der Waals surface area contributed by atoms with Gasteiger partial charge in [-0.2, -0.15) is 0 Å². The van der Waals surface area contributed by atoms with Gasteiger partial charge in [0.1, 0.15) is 6.33 Å². The van der Waals surface area contributed by atoms with E-state index in [1.54, 1.807) is 12.4 Å². The topological polar surface area (TPSA) is 68.9 Å². The Bertz CT molecular complexity index is 448. The SMILES string of the molecule is Nc1cncnc1.O=C(Cl)Cc1ccccc1. The van der Waals surface area contributed by atoms with E-state index in [9.17, 15) is 4.79 Å². The molecule has 0 saturated carbocycles. The first-order valence-corrected chi connectivity index (χ1v) is 5.29. The molecule has 0 fully saturated rings. The van der Waals surface area contributed by atoms with Crippen LogP contribution in [0, 0.1) is 0 Å². The zero-order valence-corrected chi connectivity index (χ0v) is 9.84. The summed E-state index contributed by atoms with van der Waals surface area (Å²) in [5.74, 6) is 0. The van der Waals surface area contributed by atoms with Crippen molar-refractivity contribution in [2.75, 3.05) is 5.73 Å². The standard InChI is InChI=1S/C8H7ClO.C4H5N3/c9-8(10)6-7-4-2-1-3-5-7;5-4-1-6-3-7-2-4/h1-5H,6H2;1-3H,5H2. The number of benzene rings is 1. The van der Waals surface area contributed by atoms with Crippen LogP contribution in [0.5, 0.6) is 0 Å². The average molecular weight is 250 g/mol.